The number of rotatable bonds is 7. The Morgan fingerprint density at radius 1 is 1.21 bits per heavy atom. The van der Waals surface area contributed by atoms with Crippen LogP contribution in [0.3, 0.4) is 0 Å². The van der Waals surface area contributed by atoms with E-state index >= 15 is 0 Å². The van der Waals surface area contributed by atoms with E-state index in [4.69, 9.17) is 23.2 Å². The topological polar surface area (TPSA) is 70.2 Å². The van der Waals surface area contributed by atoms with Gasteiger partial charge >= 0.3 is 0 Å². The zero-order valence-electron chi connectivity index (χ0n) is 13.5. The molecule has 24 heavy (non-hydrogen) atoms. The number of nitrogens with one attached hydrogen (secondary N) is 2. The number of hydrogen-bond acceptors (Lipinski definition) is 5. The Balaban J connectivity index is 1.91. The second kappa shape index (κ2) is 8.82. The maximum atomic E-state index is 12.0. The van der Waals surface area contributed by atoms with Gasteiger partial charge in [-0.15, -0.1) is 0 Å². The van der Waals surface area contributed by atoms with Crippen molar-refractivity contribution in [2.24, 2.45) is 0 Å². The van der Waals surface area contributed by atoms with Crippen molar-refractivity contribution in [3.05, 3.63) is 46.3 Å². The molecule has 2 N–H and O–H groups in total. The largest absolute Gasteiger partial charge is 0.351 e. The van der Waals surface area contributed by atoms with Gasteiger partial charge in [-0.3, -0.25) is 4.79 Å². The minimum Gasteiger partial charge on any atom is -0.351 e. The molecule has 1 heterocycles. The maximum absolute atomic E-state index is 12.0. The summed E-state index contributed by atoms with van der Waals surface area (Å²) in [5.74, 6) is 0.251. The predicted octanol–water partition coefficient (Wildman–Crippen LogP) is 3.21. The van der Waals surface area contributed by atoms with Gasteiger partial charge in [-0.2, -0.15) is 0 Å². The van der Waals surface area contributed by atoms with E-state index in [0.717, 1.165) is 13.0 Å². The van der Waals surface area contributed by atoms with Gasteiger partial charge in [-0.05, 0) is 45.3 Å². The minimum absolute atomic E-state index is 0.239. The maximum Gasteiger partial charge on any atom is 0.271 e. The Labute approximate surface area is 151 Å². The predicted molar refractivity (Wildman–Crippen MR) is 97.3 cm³/mol. The first-order valence-corrected chi connectivity index (χ1v) is 8.18. The average molecular weight is 368 g/mol. The second-order valence-corrected chi connectivity index (χ2v) is 6.29. The number of aromatic nitrogens is 2. The molecule has 0 aliphatic rings. The molecule has 0 saturated heterocycles. The molecule has 0 spiro atoms. The number of nitrogens with zero attached hydrogens (tertiary/aromatic N) is 3. The van der Waals surface area contributed by atoms with E-state index in [9.17, 15) is 4.79 Å². The van der Waals surface area contributed by atoms with E-state index in [2.05, 4.69) is 25.5 Å². The third-order valence-electron chi connectivity index (χ3n) is 3.15. The van der Waals surface area contributed by atoms with Crippen LogP contribution in [0.2, 0.25) is 10.0 Å². The lowest BCUT2D eigenvalue weighted by Gasteiger charge is -2.10. The second-order valence-electron chi connectivity index (χ2n) is 5.45. The van der Waals surface area contributed by atoms with Crippen LogP contribution >= 0.6 is 23.2 Å². The summed E-state index contributed by atoms with van der Waals surface area (Å²) < 4.78 is 0. The molecular weight excluding hydrogens is 349 g/mol. The zero-order valence-corrected chi connectivity index (χ0v) is 15.0. The van der Waals surface area contributed by atoms with Crippen LogP contribution in [0, 0.1) is 0 Å². The van der Waals surface area contributed by atoms with Crippen molar-refractivity contribution >= 4 is 40.6 Å². The number of halogens is 2. The summed E-state index contributed by atoms with van der Waals surface area (Å²) in [5, 5.41) is 6.88. The smallest absolute Gasteiger partial charge is 0.271 e. The zero-order chi connectivity index (χ0) is 17.5. The molecule has 0 aliphatic heterocycles. The Kier molecular flexibility index (Phi) is 6.78. The van der Waals surface area contributed by atoms with Crippen LogP contribution < -0.4 is 10.6 Å². The molecular formula is C16H19Cl2N5O. The molecule has 0 radical (unpaired) electrons. The molecule has 0 atom stereocenters. The van der Waals surface area contributed by atoms with Crippen LogP contribution in [-0.4, -0.2) is 48.0 Å². The van der Waals surface area contributed by atoms with Gasteiger partial charge < -0.3 is 15.5 Å². The molecule has 1 aromatic heterocycles. The van der Waals surface area contributed by atoms with E-state index in [0.29, 0.717) is 28.1 Å². The van der Waals surface area contributed by atoms with Crippen molar-refractivity contribution in [1.29, 1.82) is 0 Å². The van der Waals surface area contributed by atoms with Crippen LogP contribution in [0.5, 0.6) is 0 Å². The first kappa shape index (κ1) is 18.4. The van der Waals surface area contributed by atoms with Crippen molar-refractivity contribution in [2.75, 3.05) is 32.5 Å². The summed E-state index contributed by atoms with van der Waals surface area (Å²) in [4.78, 5) is 22.3. The SMILES string of the molecule is CN(C)CCCNC(=O)c1cnc(Nc2ccc(Cl)cc2Cl)cn1. The first-order valence-electron chi connectivity index (χ1n) is 7.43. The average Bonchev–Trinajstić information content (AvgIpc) is 2.54. The molecule has 1 aromatic carbocycles. The molecule has 6 nitrogen and oxygen atoms in total. The monoisotopic (exact) mass is 367 g/mol. The van der Waals surface area contributed by atoms with Gasteiger partial charge in [0.25, 0.3) is 5.91 Å². The molecule has 0 unspecified atom stereocenters. The molecule has 0 fully saturated rings. The lowest BCUT2D eigenvalue weighted by molar-refractivity contribution is 0.0947. The van der Waals surface area contributed by atoms with Gasteiger partial charge in [0.2, 0.25) is 0 Å². The highest BCUT2D eigenvalue weighted by atomic mass is 35.5. The fraction of sp³-hybridized carbons (Fsp3) is 0.312. The van der Waals surface area contributed by atoms with E-state index < -0.39 is 0 Å². The van der Waals surface area contributed by atoms with Crippen molar-refractivity contribution in [2.45, 2.75) is 6.42 Å². The van der Waals surface area contributed by atoms with Crippen LogP contribution in [0.15, 0.2) is 30.6 Å². The number of benzene rings is 1. The highest BCUT2D eigenvalue weighted by molar-refractivity contribution is 6.36. The van der Waals surface area contributed by atoms with Crippen LogP contribution in [0.1, 0.15) is 16.9 Å². The Morgan fingerprint density at radius 3 is 2.62 bits per heavy atom. The van der Waals surface area contributed by atoms with Crippen LogP contribution in [0.4, 0.5) is 11.5 Å². The Morgan fingerprint density at radius 2 is 2.00 bits per heavy atom. The quantitative estimate of drug-likeness (QED) is 0.735. The van der Waals surface area contributed by atoms with Crippen LogP contribution in [-0.2, 0) is 0 Å². The van der Waals surface area contributed by atoms with Crippen molar-refractivity contribution < 1.29 is 4.79 Å². The van der Waals surface area contributed by atoms with Crippen molar-refractivity contribution in [1.82, 2.24) is 20.2 Å². The fourth-order valence-corrected chi connectivity index (χ4v) is 2.38. The van der Waals surface area contributed by atoms with Crippen molar-refractivity contribution in [3.8, 4) is 0 Å². The van der Waals surface area contributed by atoms with Gasteiger partial charge in [-0.25, -0.2) is 9.97 Å². The molecule has 128 valence electrons. The molecule has 0 saturated carbocycles. The minimum atomic E-state index is -0.239. The van der Waals surface area contributed by atoms with Gasteiger partial charge in [-0.1, -0.05) is 23.2 Å². The van der Waals surface area contributed by atoms with Gasteiger partial charge in [0.05, 0.1) is 23.1 Å². The third-order valence-corrected chi connectivity index (χ3v) is 3.69. The number of carbonyl (C=O) groups excluding carboxylic acids is 1. The Hall–Kier alpha value is -1.89. The summed E-state index contributed by atoms with van der Waals surface area (Å²) in [5.41, 5.74) is 0.934. The van der Waals surface area contributed by atoms with Crippen molar-refractivity contribution in [3.63, 3.8) is 0 Å². The first-order chi connectivity index (χ1) is 11.5. The number of amides is 1. The third kappa shape index (κ3) is 5.63. The van der Waals surface area contributed by atoms with E-state index in [1.807, 2.05) is 14.1 Å². The fourth-order valence-electron chi connectivity index (χ4n) is 1.93. The van der Waals surface area contributed by atoms with E-state index in [1.54, 1.807) is 18.2 Å². The lowest BCUT2D eigenvalue weighted by Crippen LogP contribution is -2.27. The van der Waals surface area contributed by atoms with Gasteiger partial charge in [0.1, 0.15) is 11.5 Å². The summed E-state index contributed by atoms with van der Waals surface area (Å²) in [7, 11) is 3.98. The van der Waals surface area contributed by atoms with E-state index in [-0.39, 0.29) is 11.6 Å². The highest BCUT2D eigenvalue weighted by Gasteiger charge is 2.08. The summed E-state index contributed by atoms with van der Waals surface area (Å²) in [6.07, 6.45) is 3.79. The summed E-state index contributed by atoms with van der Waals surface area (Å²) >= 11 is 11.9. The number of carbonyl (C=O) groups is 1. The molecule has 1 amide bonds. The summed E-state index contributed by atoms with van der Waals surface area (Å²) in [6.45, 7) is 1.51. The molecule has 0 aliphatic carbocycles. The van der Waals surface area contributed by atoms with Crippen LogP contribution in [0.25, 0.3) is 0 Å². The van der Waals surface area contributed by atoms with Gasteiger partial charge in [0, 0.05) is 11.6 Å². The lowest BCUT2D eigenvalue weighted by atomic mass is 10.3. The molecule has 2 aromatic rings. The molecule has 8 heteroatoms. The molecule has 0 bridgehead atoms. The molecule has 2 rings (SSSR count). The highest BCUT2D eigenvalue weighted by Crippen LogP contribution is 2.27. The standard InChI is InChI=1S/C16H19Cl2N5O/c1-23(2)7-3-6-19-16(24)14-9-21-15(10-20-14)22-13-5-4-11(17)8-12(13)18/h4-5,8-10H,3,6-7H2,1-2H3,(H,19,24)(H,21,22). The normalized spacial score (nSPS) is 10.7. The van der Waals surface area contributed by atoms with Gasteiger partial charge in [0.15, 0.2) is 0 Å². The number of anilines is 2. The summed E-state index contributed by atoms with van der Waals surface area (Å²) in [6, 6.07) is 5.10. The Bertz CT molecular complexity index is 691. The number of hydrogen-bond donors (Lipinski definition) is 2. The van der Waals surface area contributed by atoms with E-state index in [1.165, 1.54) is 12.4 Å².